The van der Waals surface area contributed by atoms with Crippen LogP contribution in [0, 0.1) is 0 Å². The van der Waals surface area contributed by atoms with Crippen molar-refractivity contribution in [2.45, 2.75) is 56.6 Å². The van der Waals surface area contributed by atoms with E-state index >= 15 is 0 Å². The predicted octanol–water partition coefficient (Wildman–Crippen LogP) is 2.74. The SMILES string of the molecule is CCc1c(O)nc(SC)n(C2CCCCC2)c1=O. The molecule has 5 heteroatoms. The van der Waals surface area contributed by atoms with E-state index in [-0.39, 0.29) is 17.5 Å². The van der Waals surface area contributed by atoms with Crippen molar-refractivity contribution in [2.24, 2.45) is 0 Å². The third-order valence-corrected chi connectivity index (χ3v) is 4.28. The van der Waals surface area contributed by atoms with Crippen LogP contribution >= 0.6 is 11.8 Å². The highest BCUT2D eigenvalue weighted by molar-refractivity contribution is 7.98. The molecule has 0 bridgehead atoms. The molecule has 0 amide bonds. The van der Waals surface area contributed by atoms with Gasteiger partial charge >= 0.3 is 0 Å². The predicted molar refractivity (Wildman–Crippen MR) is 73.4 cm³/mol. The minimum atomic E-state index is -0.0982. The fraction of sp³-hybridized carbons (Fsp3) is 0.692. The van der Waals surface area contributed by atoms with Gasteiger partial charge in [0, 0.05) is 6.04 Å². The summed E-state index contributed by atoms with van der Waals surface area (Å²) in [4.78, 5) is 16.6. The van der Waals surface area contributed by atoms with Gasteiger partial charge in [-0.1, -0.05) is 37.9 Å². The second kappa shape index (κ2) is 5.78. The van der Waals surface area contributed by atoms with Gasteiger partial charge in [0.15, 0.2) is 5.16 Å². The van der Waals surface area contributed by atoms with Crippen LogP contribution in [0.2, 0.25) is 0 Å². The van der Waals surface area contributed by atoms with Crippen LogP contribution in [0.15, 0.2) is 9.95 Å². The molecule has 1 aromatic heterocycles. The molecule has 0 aromatic carbocycles. The maximum Gasteiger partial charge on any atom is 0.261 e. The average molecular weight is 268 g/mol. The third-order valence-electron chi connectivity index (χ3n) is 3.63. The fourth-order valence-corrected chi connectivity index (χ4v) is 3.26. The minimum Gasteiger partial charge on any atom is -0.493 e. The zero-order valence-electron chi connectivity index (χ0n) is 11.0. The third kappa shape index (κ3) is 2.41. The van der Waals surface area contributed by atoms with E-state index < -0.39 is 0 Å². The van der Waals surface area contributed by atoms with Crippen molar-refractivity contribution < 1.29 is 5.11 Å². The number of thioether (sulfide) groups is 1. The lowest BCUT2D eigenvalue weighted by atomic mass is 9.95. The number of hydrogen-bond donors (Lipinski definition) is 1. The summed E-state index contributed by atoms with van der Waals surface area (Å²) in [6.45, 7) is 1.88. The molecule has 1 fully saturated rings. The number of aromatic nitrogens is 2. The van der Waals surface area contributed by atoms with Gasteiger partial charge in [-0.05, 0) is 25.5 Å². The Bertz CT molecular complexity index is 479. The van der Waals surface area contributed by atoms with E-state index in [2.05, 4.69) is 4.98 Å². The summed E-state index contributed by atoms with van der Waals surface area (Å²) in [5.41, 5.74) is 0.389. The van der Waals surface area contributed by atoms with Crippen LogP contribution in [-0.4, -0.2) is 20.9 Å². The molecule has 0 atom stereocenters. The first-order valence-corrected chi connectivity index (χ1v) is 7.79. The molecule has 1 saturated carbocycles. The molecule has 2 rings (SSSR count). The Morgan fingerprint density at radius 2 is 2.06 bits per heavy atom. The molecule has 0 saturated heterocycles. The minimum absolute atomic E-state index is 0.0544. The molecule has 4 nitrogen and oxygen atoms in total. The van der Waals surface area contributed by atoms with Crippen molar-refractivity contribution in [3.8, 4) is 5.88 Å². The number of hydrogen-bond acceptors (Lipinski definition) is 4. The van der Waals surface area contributed by atoms with E-state index in [1.165, 1.54) is 31.0 Å². The maximum absolute atomic E-state index is 12.4. The van der Waals surface area contributed by atoms with Gasteiger partial charge in [0.05, 0.1) is 5.56 Å². The summed E-state index contributed by atoms with van der Waals surface area (Å²) in [6, 6.07) is 0.257. The summed E-state index contributed by atoms with van der Waals surface area (Å²) in [5.74, 6) is -0.0982. The lowest BCUT2D eigenvalue weighted by Crippen LogP contribution is -2.31. The first-order chi connectivity index (χ1) is 8.69. The Kier molecular flexibility index (Phi) is 4.32. The maximum atomic E-state index is 12.4. The quantitative estimate of drug-likeness (QED) is 0.676. The van der Waals surface area contributed by atoms with Gasteiger partial charge in [-0.25, -0.2) is 0 Å². The number of rotatable bonds is 3. The molecule has 1 aromatic rings. The average Bonchev–Trinajstić information content (AvgIpc) is 2.39. The van der Waals surface area contributed by atoms with Crippen molar-refractivity contribution in [2.75, 3.05) is 6.26 Å². The lowest BCUT2D eigenvalue weighted by Gasteiger charge is -2.26. The highest BCUT2D eigenvalue weighted by Gasteiger charge is 2.22. The molecule has 1 heterocycles. The monoisotopic (exact) mass is 268 g/mol. The van der Waals surface area contributed by atoms with E-state index in [0.29, 0.717) is 17.1 Å². The van der Waals surface area contributed by atoms with Crippen LogP contribution in [0.5, 0.6) is 5.88 Å². The molecule has 0 radical (unpaired) electrons. The summed E-state index contributed by atoms with van der Waals surface area (Å²) in [5, 5.41) is 10.4. The number of nitrogens with zero attached hydrogens (tertiary/aromatic N) is 2. The summed E-state index contributed by atoms with van der Waals surface area (Å²) >= 11 is 1.43. The highest BCUT2D eigenvalue weighted by Crippen LogP contribution is 2.30. The Morgan fingerprint density at radius 1 is 1.39 bits per heavy atom. The largest absolute Gasteiger partial charge is 0.493 e. The van der Waals surface area contributed by atoms with Gasteiger partial charge in [-0.2, -0.15) is 4.98 Å². The zero-order valence-corrected chi connectivity index (χ0v) is 11.8. The van der Waals surface area contributed by atoms with Crippen LogP contribution in [0.3, 0.4) is 0 Å². The van der Waals surface area contributed by atoms with Crippen LogP contribution in [-0.2, 0) is 6.42 Å². The Balaban J connectivity index is 2.52. The molecular formula is C13H20N2O2S. The van der Waals surface area contributed by atoms with Gasteiger partial charge in [0.25, 0.3) is 5.56 Å². The second-order valence-electron chi connectivity index (χ2n) is 4.72. The van der Waals surface area contributed by atoms with Gasteiger partial charge < -0.3 is 5.11 Å². The molecule has 1 N–H and O–H groups in total. The van der Waals surface area contributed by atoms with Crippen LogP contribution in [0.1, 0.15) is 50.6 Å². The summed E-state index contributed by atoms with van der Waals surface area (Å²) in [6.07, 6.45) is 8.11. The second-order valence-corrected chi connectivity index (χ2v) is 5.49. The van der Waals surface area contributed by atoms with E-state index in [0.717, 1.165) is 12.8 Å². The highest BCUT2D eigenvalue weighted by atomic mass is 32.2. The molecule has 0 aliphatic heterocycles. The smallest absolute Gasteiger partial charge is 0.261 e. The fourth-order valence-electron chi connectivity index (χ4n) is 2.65. The van der Waals surface area contributed by atoms with Crippen molar-refractivity contribution in [1.82, 2.24) is 9.55 Å². The Labute approximate surface area is 111 Å². The van der Waals surface area contributed by atoms with Crippen molar-refractivity contribution >= 4 is 11.8 Å². The molecule has 18 heavy (non-hydrogen) atoms. The van der Waals surface area contributed by atoms with Crippen LogP contribution in [0.4, 0.5) is 0 Å². The summed E-state index contributed by atoms with van der Waals surface area (Å²) in [7, 11) is 0. The van der Waals surface area contributed by atoms with E-state index in [9.17, 15) is 9.90 Å². The molecular weight excluding hydrogens is 248 g/mol. The van der Waals surface area contributed by atoms with E-state index in [4.69, 9.17) is 0 Å². The summed E-state index contributed by atoms with van der Waals surface area (Å²) < 4.78 is 1.81. The van der Waals surface area contributed by atoms with Crippen molar-refractivity contribution in [1.29, 1.82) is 0 Å². The Morgan fingerprint density at radius 3 is 2.61 bits per heavy atom. The van der Waals surface area contributed by atoms with E-state index in [1.807, 2.05) is 17.7 Å². The van der Waals surface area contributed by atoms with Crippen molar-refractivity contribution in [3.63, 3.8) is 0 Å². The van der Waals surface area contributed by atoms with Crippen LogP contribution in [0.25, 0.3) is 0 Å². The van der Waals surface area contributed by atoms with Gasteiger partial charge in [-0.3, -0.25) is 9.36 Å². The van der Waals surface area contributed by atoms with Crippen LogP contribution < -0.4 is 5.56 Å². The molecule has 1 aliphatic carbocycles. The standard InChI is InChI=1S/C13H20N2O2S/c1-3-10-11(16)14-13(18-2)15(12(10)17)9-7-5-4-6-8-9/h9,16H,3-8H2,1-2H3. The topological polar surface area (TPSA) is 55.1 Å². The molecule has 1 aliphatic rings. The lowest BCUT2D eigenvalue weighted by molar-refractivity contribution is 0.315. The van der Waals surface area contributed by atoms with Gasteiger partial charge in [0.1, 0.15) is 0 Å². The normalized spacial score (nSPS) is 17.0. The van der Waals surface area contributed by atoms with E-state index in [1.54, 1.807) is 0 Å². The van der Waals surface area contributed by atoms with Gasteiger partial charge in [-0.15, -0.1) is 0 Å². The molecule has 0 unspecified atom stereocenters. The molecule has 100 valence electrons. The number of aromatic hydroxyl groups is 1. The molecule has 0 spiro atoms. The Hall–Kier alpha value is -0.970. The zero-order chi connectivity index (χ0) is 13.1. The van der Waals surface area contributed by atoms with Gasteiger partial charge in [0.2, 0.25) is 5.88 Å². The van der Waals surface area contributed by atoms with Crippen molar-refractivity contribution in [3.05, 3.63) is 15.9 Å². The first kappa shape index (κ1) is 13.5. The first-order valence-electron chi connectivity index (χ1n) is 6.57.